The van der Waals surface area contributed by atoms with Crippen LogP contribution in [0.25, 0.3) is 0 Å². The molecule has 3 heterocycles. The third kappa shape index (κ3) is 5.04. The van der Waals surface area contributed by atoms with Crippen LogP contribution in [0.1, 0.15) is 57.0 Å². The van der Waals surface area contributed by atoms with Crippen molar-refractivity contribution in [2.75, 3.05) is 19.7 Å². The first kappa shape index (κ1) is 25.2. The Morgan fingerprint density at radius 2 is 1.68 bits per heavy atom. The van der Waals surface area contributed by atoms with Crippen LogP contribution in [0.2, 0.25) is 0 Å². The van der Waals surface area contributed by atoms with Crippen LogP contribution in [0, 0.1) is 6.92 Å². The zero-order valence-electron chi connectivity index (χ0n) is 21.1. The lowest BCUT2D eigenvalue weighted by atomic mass is 9.96. The van der Waals surface area contributed by atoms with Crippen molar-refractivity contribution >= 4 is 29.1 Å². The first-order chi connectivity index (χ1) is 17.9. The molecule has 0 aliphatic carbocycles. The smallest absolute Gasteiger partial charge is 0.263 e. The van der Waals surface area contributed by atoms with Gasteiger partial charge in [0, 0.05) is 31.5 Å². The number of rotatable bonds is 5. The van der Waals surface area contributed by atoms with E-state index < -0.39 is 11.8 Å². The molecule has 2 aliphatic heterocycles. The van der Waals surface area contributed by atoms with E-state index in [1.807, 2.05) is 73.8 Å². The fourth-order valence-corrected chi connectivity index (χ4v) is 5.84. The average molecular weight is 518 g/mol. The molecule has 1 N–H and O–H groups in total. The minimum atomic E-state index is -0.938. The van der Waals surface area contributed by atoms with E-state index in [4.69, 9.17) is 4.74 Å². The summed E-state index contributed by atoms with van der Waals surface area (Å²) in [5, 5.41) is 4.96. The van der Waals surface area contributed by atoms with Crippen molar-refractivity contribution in [2.24, 2.45) is 0 Å². The van der Waals surface area contributed by atoms with Crippen LogP contribution in [0.5, 0.6) is 0 Å². The van der Waals surface area contributed by atoms with Gasteiger partial charge in [0.2, 0.25) is 5.91 Å². The third-order valence-electron chi connectivity index (χ3n) is 7.30. The molecule has 7 nitrogen and oxygen atoms in total. The third-order valence-corrected chi connectivity index (χ3v) is 8.16. The number of thiophene rings is 1. The van der Waals surface area contributed by atoms with E-state index in [-0.39, 0.29) is 30.4 Å². The van der Waals surface area contributed by atoms with E-state index in [1.165, 1.54) is 11.3 Å². The van der Waals surface area contributed by atoms with E-state index in [9.17, 15) is 14.4 Å². The second-order valence-electron chi connectivity index (χ2n) is 9.72. The van der Waals surface area contributed by atoms with Crippen molar-refractivity contribution in [1.29, 1.82) is 0 Å². The highest BCUT2D eigenvalue weighted by atomic mass is 32.1. The topological polar surface area (TPSA) is 79.0 Å². The number of nitrogens with zero attached hydrogens (tertiary/aromatic N) is 2. The Balaban J connectivity index is 1.38. The van der Waals surface area contributed by atoms with Gasteiger partial charge in [0.25, 0.3) is 11.8 Å². The Hall–Kier alpha value is -3.49. The number of hydrogen-bond acceptors (Lipinski definition) is 5. The van der Waals surface area contributed by atoms with Crippen LogP contribution >= 0.6 is 11.3 Å². The number of hydrogen-bond donors (Lipinski definition) is 1. The Kier molecular flexibility index (Phi) is 7.13. The standard InChI is InChI=1S/C29H31N3O4S/c1-20-10-12-23(13-11-20)27(34)32-24(26(33)30-21(2)22-7-4-3-5-8-22)19-36-29(32)14-16-31(17-15-29)28(35)25-9-6-18-37-25/h3-13,18,21,24H,14-17,19H2,1-2H3,(H,30,33). The van der Waals surface area contributed by atoms with Gasteiger partial charge in [0.05, 0.1) is 17.5 Å². The molecule has 0 saturated carbocycles. The molecule has 2 unspecified atom stereocenters. The molecule has 1 spiro atoms. The molecule has 1 aromatic heterocycles. The van der Waals surface area contributed by atoms with Gasteiger partial charge in [-0.15, -0.1) is 11.3 Å². The number of benzene rings is 2. The minimum absolute atomic E-state index is 0.00904. The van der Waals surface area contributed by atoms with E-state index in [0.29, 0.717) is 36.4 Å². The number of piperidine rings is 1. The predicted molar refractivity (Wildman–Crippen MR) is 142 cm³/mol. The van der Waals surface area contributed by atoms with Crippen molar-refractivity contribution in [3.05, 3.63) is 93.7 Å². The zero-order chi connectivity index (χ0) is 26.0. The molecule has 0 bridgehead atoms. The number of amides is 3. The molecule has 0 radical (unpaired) electrons. The number of aryl methyl sites for hydroxylation is 1. The lowest BCUT2D eigenvalue weighted by Crippen LogP contribution is -2.59. The van der Waals surface area contributed by atoms with E-state index >= 15 is 0 Å². The second kappa shape index (κ2) is 10.5. The highest BCUT2D eigenvalue weighted by Crippen LogP contribution is 2.39. The van der Waals surface area contributed by atoms with Gasteiger partial charge >= 0.3 is 0 Å². The summed E-state index contributed by atoms with van der Waals surface area (Å²) in [7, 11) is 0. The van der Waals surface area contributed by atoms with Crippen LogP contribution in [0.15, 0.2) is 72.1 Å². The Labute approximate surface area is 221 Å². The molecule has 2 aromatic carbocycles. The van der Waals surface area contributed by atoms with Gasteiger partial charge in [-0.25, -0.2) is 0 Å². The van der Waals surface area contributed by atoms with E-state index in [1.54, 1.807) is 21.9 Å². The maximum atomic E-state index is 13.9. The molecule has 2 saturated heterocycles. The summed E-state index contributed by atoms with van der Waals surface area (Å²) >= 11 is 1.42. The molecular formula is C29H31N3O4S. The summed E-state index contributed by atoms with van der Waals surface area (Å²) in [4.78, 5) is 44.5. The van der Waals surface area contributed by atoms with Crippen molar-refractivity contribution in [2.45, 2.75) is 44.5 Å². The van der Waals surface area contributed by atoms with E-state index in [2.05, 4.69) is 5.32 Å². The molecular weight excluding hydrogens is 486 g/mol. The molecule has 5 rings (SSSR count). The van der Waals surface area contributed by atoms with Gasteiger partial charge in [-0.3, -0.25) is 19.3 Å². The first-order valence-corrected chi connectivity index (χ1v) is 13.5. The highest BCUT2D eigenvalue weighted by Gasteiger charge is 2.54. The first-order valence-electron chi connectivity index (χ1n) is 12.6. The number of likely N-dealkylation sites (tertiary alicyclic amines) is 1. The average Bonchev–Trinajstić information content (AvgIpc) is 3.58. The Morgan fingerprint density at radius 1 is 0.973 bits per heavy atom. The Bertz CT molecular complexity index is 1250. The summed E-state index contributed by atoms with van der Waals surface area (Å²) in [5.74, 6) is -0.487. The van der Waals surface area contributed by atoms with Crippen molar-refractivity contribution < 1.29 is 19.1 Å². The number of carbonyl (C=O) groups is 3. The molecule has 2 fully saturated rings. The van der Waals surface area contributed by atoms with Crippen molar-refractivity contribution in [1.82, 2.24) is 15.1 Å². The zero-order valence-corrected chi connectivity index (χ0v) is 21.9. The van der Waals surface area contributed by atoms with Crippen molar-refractivity contribution in [3.8, 4) is 0 Å². The van der Waals surface area contributed by atoms with Crippen molar-refractivity contribution in [3.63, 3.8) is 0 Å². The van der Waals surface area contributed by atoms with Gasteiger partial charge in [-0.1, -0.05) is 54.1 Å². The number of ether oxygens (including phenoxy) is 1. The van der Waals surface area contributed by atoms with Gasteiger partial charge in [0.15, 0.2) is 0 Å². The molecule has 8 heteroatoms. The molecule has 2 atom stereocenters. The van der Waals surface area contributed by atoms with Gasteiger partial charge in [-0.2, -0.15) is 0 Å². The van der Waals surface area contributed by atoms with Crippen LogP contribution in [-0.2, 0) is 9.53 Å². The second-order valence-corrected chi connectivity index (χ2v) is 10.7. The van der Waals surface area contributed by atoms with Gasteiger partial charge < -0.3 is 15.0 Å². The SMILES string of the molecule is Cc1ccc(C(=O)N2C(C(=O)NC(C)c3ccccc3)COC23CCN(C(=O)c2cccs2)CC3)cc1. The Morgan fingerprint density at radius 3 is 2.32 bits per heavy atom. The van der Waals surface area contributed by atoms with Crippen LogP contribution in [-0.4, -0.2) is 59.0 Å². The summed E-state index contributed by atoms with van der Waals surface area (Å²) in [5.41, 5.74) is 1.62. The molecule has 37 heavy (non-hydrogen) atoms. The minimum Gasteiger partial charge on any atom is -0.353 e. The fraction of sp³-hybridized carbons (Fsp3) is 0.345. The number of carbonyl (C=O) groups excluding carboxylic acids is 3. The lowest BCUT2D eigenvalue weighted by Gasteiger charge is -2.44. The predicted octanol–water partition coefficient (Wildman–Crippen LogP) is 4.41. The quantitative estimate of drug-likeness (QED) is 0.544. The summed E-state index contributed by atoms with van der Waals surface area (Å²) < 4.78 is 6.31. The molecule has 3 aromatic rings. The van der Waals surface area contributed by atoms with Crippen LogP contribution in [0.4, 0.5) is 0 Å². The lowest BCUT2D eigenvalue weighted by molar-refractivity contribution is -0.128. The largest absolute Gasteiger partial charge is 0.353 e. The monoisotopic (exact) mass is 517 g/mol. The van der Waals surface area contributed by atoms with Crippen LogP contribution < -0.4 is 5.32 Å². The maximum Gasteiger partial charge on any atom is 0.263 e. The normalized spacial score (nSPS) is 19.6. The summed E-state index contributed by atoms with van der Waals surface area (Å²) in [6.07, 6.45) is 0.888. The molecule has 2 aliphatic rings. The molecule has 3 amide bonds. The summed E-state index contributed by atoms with van der Waals surface area (Å²) in [6.45, 7) is 4.91. The summed E-state index contributed by atoms with van der Waals surface area (Å²) in [6, 6.07) is 19.8. The molecule has 192 valence electrons. The highest BCUT2D eigenvalue weighted by molar-refractivity contribution is 7.12. The fourth-order valence-electron chi connectivity index (χ4n) is 5.15. The maximum absolute atomic E-state index is 13.9. The number of nitrogens with one attached hydrogen (secondary N) is 1. The van der Waals surface area contributed by atoms with Gasteiger partial charge in [0.1, 0.15) is 11.8 Å². The van der Waals surface area contributed by atoms with E-state index in [0.717, 1.165) is 11.1 Å². The van der Waals surface area contributed by atoms with Gasteiger partial charge in [-0.05, 0) is 43.0 Å². The van der Waals surface area contributed by atoms with Crippen LogP contribution in [0.3, 0.4) is 0 Å².